The Morgan fingerprint density at radius 3 is 1.09 bits per heavy atom. The third-order valence-electron chi connectivity index (χ3n) is 15.0. The normalized spacial score (nSPS) is 13.7. The zero-order valence-electron chi connectivity index (χ0n) is 40.7. The van der Waals surface area contributed by atoms with E-state index in [-0.39, 0.29) is 6.04 Å². The maximum atomic E-state index is 5.16. The van der Waals surface area contributed by atoms with Gasteiger partial charge in [0.25, 0.3) is 0 Å². The largest absolute Gasteiger partial charge is 0.332 e. The second-order valence-electron chi connectivity index (χ2n) is 19.4. The summed E-state index contributed by atoms with van der Waals surface area (Å²) in [4.78, 5) is 20.1. The molecule has 1 unspecified atom stereocenters. The van der Waals surface area contributed by atoms with Gasteiger partial charge in [-0.05, 0) is 114 Å². The Bertz CT molecular complexity index is 4330. The van der Waals surface area contributed by atoms with Gasteiger partial charge < -0.3 is 13.7 Å². The van der Waals surface area contributed by atoms with Gasteiger partial charge in [-0.25, -0.2) is 15.0 Å². The second kappa shape index (κ2) is 17.4. The summed E-state index contributed by atoms with van der Waals surface area (Å²) in [6, 6.07) is 86.8. The van der Waals surface area contributed by atoms with Gasteiger partial charge in [0.2, 0.25) is 0 Å². The van der Waals surface area contributed by atoms with Crippen molar-refractivity contribution in [1.82, 2.24) is 28.7 Å². The highest BCUT2D eigenvalue weighted by Crippen LogP contribution is 2.42. The van der Waals surface area contributed by atoms with Crippen molar-refractivity contribution in [2.75, 3.05) is 0 Å². The fraction of sp³-hybridized carbons (Fsp3) is 0.0294. The molecule has 0 bridgehead atoms. The molecule has 352 valence electrons. The fourth-order valence-corrected chi connectivity index (χ4v) is 11.5. The van der Waals surface area contributed by atoms with Crippen LogP contribution in [0.25, 0.3) is 128 Å². The van der Waals surface area contributed by atoms with Crippen LogP contribution >= 0.6 is 0 Å². The molecule has 7 heteroatoms. The Kier molecular flexibility index (Phi) is 9.88. The Morgan fingerprint density at radius 1 is 0.307 bits per heavy atom. The zero-order valence-corrected chi connectivity index (χ0v) is 40.7. The summed E-state index contributed by atoms with van der Waals surface area (Å²) in [7, 11) is 0. The van der Waals surface area contributed by atoms with E-state index >= 15 is 0 Å². The van der Waals surface area contributed by atoms with Crippen LogP contribution in [0.5, 0.6) is 0 Å². The number of nitrogens with zero attached hydrogens (tertiary/aromatic N) is 7. The summed E-state index contributed by atoms with van der Waals surface area (Å²) in [6.45, 7) is 0. The average Bonchev–Trinajstić information content (AvgIpc) is 4.13. The van der Waals surface area contributed by atoms with Gasteiger partial charge in [-0.1, -0.05) is 164 Å². The van der Waals surface area contributed by atoms with E-state index in [9.17, 15) is 0 Å². The molecule has 0 N–H and O–H groups in total. The van der Waals surface area contributed by atoms with Crippen molar-refractivity contribution < 1.29 is 0 Å². The smallest absolute Gasteiger partial charge is 0.182 e. The maximum absolute atomic E-state index is 5.16. The monoisotopic (exact) mass is 959 g/mol. The van der Waals surface area contributed by atoms with E-state index in [4.69, 9.17) is 19.9 Å². The van der Waals surface area contributed by atoms with E-state index in [1.807, 2.05) is 60.7 Å². The van der Waals surface area contributed by atoms with Gasteiger partial charge in [0.1, 0.15) is 5.70 Å². The van der Waals surface area contributed by atoms with E-state index in [1.165, 1.54) is 76.6 Å². The lowest BCUT2D eigenvalue weighted by atomic mass is 9.98. The molecular formula is C68H45N7. The molecule has 1 aliphatic heterocycles. The SMILES string of the molecule is C1=NC(c2nc(-c3ccccc3)nc(-c3ccccc3)n2)=CCC1n1c2ccc(-c3ccc4c(c3)c3ccccc3n4-c3ccccc3)cc2c2cc(-c3ccc4c(c3)c3ccccc3n4-c3ccccc3)ccc21. The van der Waals surface area contributed by atoms with Crippen LogP contribution in [-0.4, -0.2) is 34.9 Å². The lowest BCUT2D eigenvalue weighted by Crippen LogP contribution is -2.13. The van der Waals surface area contributed by atoms with Gasteiger partial charge in [0.05, 0.1) is 28.1 Å². The number of aromatic nitrogens is 6. The molecule has 0 radical (unpaired) electrons. The van der Waals surface area contributed by atoms with Crippen molar-refractivity contribution in [2.45, 2.75) is 12.5 Å². The fourth-order valence-electron chi connectivity index (χ4n) is 11.5. The average molecular weight is 960 g/mol. The lowest BCUT2D eigenvalue weighted by Gasteiger charge is -2.20. The van der Waals surface area contributed by atoms with E-state index in [0.717, 1.165) is 39.2 Å². The standard InChI is InChI=1S/C68H45N7/c1-5-17-44(18-6-1)66-70-67(45-19-7-2-8-20-45)72-68(71-66)59-34-33-52(43-69-59)75-64-37-31-48(46-29-35-62-55(39-46)53-25-13-15-27-60(53)73(62)50-21-9-3-10-22-50)41-57(64)58-42-49(32-38-65(58)75)47-30-36-63-56(40-47)54-26-14-16-28-61(54)74(63)51-23-11-4-12-24-51/h1-32,34-43,52H,33H2. The molecule has 0 spiro atoms. The van der Waals surface area contributed by atoms with E-state index in [0.29, 0.717) is 23.9 Å². The number of hydrogen-bond acceptors (Lipinski definition) is 4. The van der Waals surface area contributed by atoms with Crippen LogP contribution in [0.15, 0.2) is 254 Å². The third-order valence-corrected chi connectivity index (χ3v) is 15.0. The summed E-state index contributed by atoms with van der Waals surface area (Å²) in [5.41, 5.74) is 16.6. The summed E-state index contributed by atoms with van der Waals surface area (Å²) in [6.07, 6.45) is 4.97. The van der Waals surface area contributed by atoms with Gasteiger partial charge in [-0.2, -0.15) is 0 Å². The Hall–Kier alpha value is -9.98. The molecule has 1 atom stereocenters. The minimum absolute atomic E-state index is 0.0598. The molecule has 5 heterocycles. The molecule has 0 saturated heterocycles. The number of para-hydroxylation sites is 4. The highest BCUT2D eigenvalue weighted by Gasteiger charge is 2.23. The molecule has 14 aromatic rings. The second-order valence-corrected chi connectivity index (χ2v) is 19.4. The quantitative estimate of drug-likeness (QED) is 0.152. The van der Waals surface area contributed by atoms with E-state index in [1.54, 1.807) is 0 Å². The Morgan fingerprint density at radius 2 is 0.667 bits per heavy atom. The van der Waals surface area contributed by atoms with Crippen molar-refractivity contribution in [3.05, 3.63) is 255 Å². The maximum Gasteiger partial charge on any atom is 0.182 e. The summed E-state index contributed by atoms with van der Waals surface area (Å²) < 4.78 is 7.22. The number of rotatable bonds is 8. The highest BCUT2D eigenvalue weighted by molar-refractivity contribution is 6.14. The number of fused-ring (bicyclic) bond motifs is 9. The van der Waals surface area contributed by atoms with Crippen molar-refractivity contribution >= 4 is 77.3 Å². The van der Waals surface area contributed by atoms with Gasteiger partial charge in [0, 0.05) is 72.1 Å². The zero-order chi connectivity index (χ0) is 49.4. The molecular weight excluding hydrogens is 915 g/mol. The van der Waals surface area contributed by atoms with E-state index < -0.39 is 0 Å². The minimum Gasteiger partial charge on any atom is -0.332 e. The lowest BCUT2D eigenvalue weighted by molar-refractivity contribution is 0.696. The van der Waals surface area contributed by atoms with Gasteiger partial charge in [-0.15, -0.1) is 0 Å². The summed E-state index contributed by atoms with van der Waals surface area (Å²) in [5.74, 6) is 1.80. The first-order valence-electron chi connectivity index (χ1n) is 25.6. The first-order valence-corrected chi connectivity index (χ1v) is 25.6. The van der Waals surface area contributed by atoms with Crippen molar-refractivity contribution in [1.29, 1.82) is 0 Å². The number of aliphatic imine (C=N–C) groups is 1. The molecule has 10 aromatic carbocycles. The molecule has 0 aliphatic carbocycles. The molecule has 0 fully saturated rings. The third kappa shape index (κ3) is 7.12. The molecule has 0 amide bonds. The summed E-state index contributed by atoms with van der Waals surface area (Å²) >= 11 is 0. The number of benzene rings is 10. The first-order chi connectivity index (χ1) is 37.2. The van der Waals surface area contributed by atoms with Crippen LogP contribution in [0.2, 0.25) is 0 Å². The van der Waals surface area contributed by atoms with Crippen molar-refractivity contribution in [3.8, 4) is 56.4 Å². The van der Waals surface area contributed by atoms with Gasteiger partial charge >= 0.3 is 0 Å². The molecule has 4 aromatic heterocycles. The van der Waals surface area contributed by atoms with Crippen LogP contribution in [0.4, 0.5) is 0 Å². The predicted octanol–water partition coefficient (Wildman–Crippen LogP) is 16.9. The van der Waals surface area contributed by atoms with Crippen molar-refractivity contribution in [2.24, 2.45) is 4.99 Å². The van der Waals surface area contributed by atoms with Crippen LogP contribution in [0.3, 0.4) is 0 Å². The van der Waals surface area contributed by atoms with Crippen molar-refractivity contribution in [3.63, 3.8) is 0 Å². The van der Waals surface area contributed by atoms with Crippen LogP contribution in [0, 0.1) is 0 Å². The van der Waals surface area contributed by atoms with Gasteiger partial charge in [0.15, 0.2) is 17.5 Å². The molecule has 7 nitrogen and oxygen atoms in total. The topological polar surface area (TPSA) is 65.8 Å². The Labute approximate surface area is 432 Å². The predicted molar refractivity (Wildman–Crippen MR) is 310 cm³/mol. The first kappa shape index (κ1) is 42.7. The molecule has 75 heavy (non-hydrogen) atoms. The molecule has 15 rings (SSSR count). The van der Waals surface area contributed by atoms with Crippen LogP contribution in [0.1, 0.15) is 18.3 Å². The highest BCUT2D eigenvalue weighted by atomic mass is 15.1. The number of hydrogen-bond donors (Lipinski definition) is 0. The molecule has 0 saturated carbocycles. The Balaban J connectivity index is 0.873. The van der Waals surface area contributed by atoms with Crippen LogP contribution < -0.4 is 0 Å². The minimum atomic E-state index is -0.0598. The van der Waals surface area contributed by atoms with Gasteiger partial charge in [-0.3, -0.25) is 4.99 Å². The van der Waals surface area contributed by atoms with E-state index in [2.05, 4.69) is 208 Å². The van der Waals surface area contributed by atoms with Crippen LogP contribution in [-0.2, 0) is 0 Å². The molecule has 1 aliphatic rings. The number of allylic oxidation sites excluding steroid dienone is 1. The summed E-state index contributed by atoms with van der Waals surface area (Å²) in [5, 5.41) is 7.31.